The van der Waals surface area contributed by atoms with Crippen molar-refractivity contribution in [2.75, 3.05) is 12.7 Å². The summed E-state index contributed by atoms with van der Waals surface area (Å²) < 4.78 is 13.9. The van der Waals surface area contributed by atoms with Gasteiger partial charge in [0.1, 0.15) is 13.2 Å². The average molecular weight is 361 g/mol. The molecule has 2 aromatic rings. The quantitative estimate of drug-likeness (QED) is 0.648. The standard InChI is InChI=1S/C19H24NO4P/c1-15(21)20-13-18(22)19(2,23)14-25(24,16-9-5-3-6-10-16)17-11-7-4-8-12-17/h3-12,18,22-23H,13-14H2,1-2H3,(H,20,21)/t18-,19-/m0/s1. The lowest BCUT2D eigenvalue weighted by atomic mass is 10.0. The fraction of sp³-hybridized carbons (Fsp3) is 0.316. The van der Waals surface area contributed by atoms with Crippen LogP contribution in [0.3, 0.4) is 0 Å². The number of carbonyl (C=O) groups excluding carboxylic acids is 1. The van der Waals surface area contributed by atoms with E-state index in [9.17, 15) is 19.6 Å². The van der Waals surface area contributed by atoms with Crippen molar-refractivity contribution in [2.24, 2.45) is 0 Å². The number of rotatable bonds is 7. The monoisotopic (exact) mass is 361 g/mol. The minimum atomic E-state index is -3.17. The molecule has 0 aromatic heterocycles. The Morgan fingerprint density at radius 2 is 1.52 bits per heavy atom. The Bertz CT molecular complexity index is 703. The molecule has 0 saturated carbocycles. The summed E-state index contributed by atoms with van der Waals surface area (Å²) in [7, 11) is -3.17. The van der Waals surface area contributed by atoms with Crippen LogP contribution < -0.4 is 15.9 Å². The van der Waals surface area contributed by atoms with Crippen LogP contribution in [0, 0.1) is 0 Å². The van der Waals surface area contributed by atoms with Crippen molar-refractivity contribution in [3.63, 3.8) is 0 Å². The second kappa shape index (κ2) is 7.96. The molecule has 6 heteroatoms. The van der Waals surface area contributed by atoms with Crippen LogP contribution in [0.25, 0.3) is 0 Å². The number of carbonyl (C=O) groups is 1. The summed E-state index contributed by atoms with van der Waals surface area (Å²) in [5, 5.41) is 24.8. The molecule has 2 atom stereocenters. The van der Waals surface area contributed by atoms with E-state index in [1.54, 1.807) is 48.5 Å². The maximum atomic E-state index is 13.9. The fourth-order valence-electron chi connectivity index (χ4n) is 2.69. The van der Waals surface area contributed by atoms with E-state index >= 15 is 0 Å². The molecule has 0 radical (unpaired) electrons. The van der Waals surface area contributed by atoms with Gasteiger partial charge in [-0.3, -0.25) is 4.79 Å². The van der Waals surface area contributed by atoms with Crippen molar-refractivity contribution in [1.82, 2.24) is 5.32 Å². The molecule has 5 nitrogen and oxygen atoms in total. The van der Waals surface area contributed by atoms with Crippen LogP contribution in [0.15, 0.2) is 60.7 Å². The normalized spacial score (nSPS) is 15.2. The van der Waals surface area contributed by atoms with Gasteiger partial charge in [0.05, 0.1) is 5.60 Å². The van der Waals surface area contributed by atoms with E-state index in [0.717, 1.165) is 0 Å². The van der Waals surface area contributed by atoms with Gasteiger partial charge in [-0.2, -0.15) is 0 Å². The number of hydrogen-bond acceptors (Lipinski definition) is 4. The van der Waals surface area contributed by atoms with Gasteiger partial charge in [-0.05, 0) is 6.92 Å². The van der Waals surface area contributed by atoms with Crippen molar-refractivity contribution >= 4 is 23.7 Å². The van der Waals surface area contributed by atoms with Gasteiger partial charge in [-0.1, -0.05) is 60.7 Å². The molecule has 0 fully saturated rings. The Labute approximate surface area is 148 Å². The van der Waals surface area contributed by atoms with Crippen LogP contribution in [-0.4, -0.2) is 40.5 Å². The van der Waals surface area contributed by atoms with Gasteiger partial charge in [0.15, 0.2) is 0 Å². The number of aliphatic hydroxyl groups is 2. The molecule has 0 unspecified atom stereocenters. The van der Waals surface area contributed by atoms with Crippen LogP contribution >= 0.6 is 7.14 Å². The zero-order chi connectivity index (χ0) is 18.5. The Hall–Kier alpha value is -1.94. The highest BCUT2D eigenvalue weighted by atomic mass is 31.2. The number of benzene rings is 2. The Morgan fingerprint density at radius 1 is 1.08 bits per heavy atom. The van der Waals surface area contributed by atoms with Gasteiger partial charge in [-0.15, -0.1) is 0 Å². The van der Waals surface area contributed by atoms with Gasteiger partial charge < -0.3 is 20.1 Å². The van der Waals surface area contributed by atoms with Crippen LogP contribution in [0.5, 0.6) is 0 Å². The van der Waals surface area contributed by atoms with E-state index in [1.165, 1.54) is 13.8 Å². The third kappa shape index (κ3) is 4.79. The van der Waals surface area contributed by atoms with E-state index in [2.05, 4.69) is 5.32 Å². The molecule has 0 aliphatic rings. The van der Waals surface area contributed by atoms with Gasteiger partial charge >= 0.3 is 0 Å². The van der Waals surface area contributed by atoms with Crippen molar-refractivity contribution in [3.8, 4) is 0 Å². The molecule has 0 bridgehead atoms. The lowest BCUT2D eigenvalue weighted by Gasteiger charge is -2.33. The third-order valence-corrected chi connectivity index (χ3v) is 7.50. The van der Waals surface area contributed by atoms with E-state index in [1.807, 2.05) is 12.1 Å². The van der Waals surface area contributed by atoms with E-state index in [-0.39, 0.29) is 18.6 Å². The zero-order valence-corrected chi connectivity index (χ0v) is 15.3. The summed E-state index contributed by atoms with van der Waals surface area (Å²) in [6.45, 7) is 2.67. The van der Waals surface area contributed by atoms with E-state index < -0.39 is 18.8 Å². The first-order chi connectivity index (χ1) is 11.8. The van der Waals surface area contributed by atoms with Crippen LogP contribution in [-0.2, 0) is 9.36 Å². The Morgan fingerprint density at radius 3 is 1.92 bits per heavy atom. The second-order valence-electron chi connectivity index (χ2n) is 6.38. The SMILES string of the molecule is CC(=O)NC[C@H](O)[C@@](C)(O)CP(=O)(c1ccccc1)c1ccccc1. The third-order valence-electron chi connectivity index (χ3n) is 4.15. The van der Waals surface area contributed by atoms with Crippen molar-refractivity contribution in [2.45, 2.75) is 25.6 Å². The summed E-state index contributed by atoms with van der Waals surface area (Å²) in [6.07, 6.45) is -1.37. The maximum absolute atomic E-state index is 13.9. The molecule has 0 aliphatic heterocycles. The highest BCUT2D eigenvalue weighted by molar-refractivity contribution is 7.78. The Kier molecular flexibility index (Phi) is 6.17. The number of nitrogens with one attached hydrogen (secondary N) is 1. The summed E-state index contributed by atoms with van der Waals surface area (Å²) in [5.41, 5.74) is -1.64. The molecule has 0 saturated heterocycles. The molecule has 134 valence electrons. The van der Waals surface area contributed by atoms with Crippen LogP contribution in [0.4, 0.5) is 0 Å². The minimum Gasteiger partial charge on any atom is -0.388 e. The average Bonchev–Trinajstić information content (AvgIpc) is 2.60. The summed E-state index contributed by atoms with van der Waals surface area (Å²) >= 11 is 0. The van der Waals surface area contributed by atoms with Crippen molar-refractivity contribution in [1.29, 1.82) is 0 Å². The molecule has 2 aromatic carbocycles. The lowest BCUT2D eigenvalue weighted by Crippen LogP contribution is -2.50. The molecule has 2 rings (SSSR count). The smallest absolute Gasteiger partial charge is 0.216 e. The number of amides is 1. The summed E-state index contributed by atoms with van der Waals surface area (Å²) in [6, 6.07) is 17.9. The molecule has 0 aliphatic carbocycles. The van der Waals surface area contributed by atoms with Crippen molar-refractivity contribution in [3.05, 3.63) is 60.7 Å². The van der Waals surface area contributed by atoms with Gasteiger partial charge in [-0.25, -0.2) is 0 Å². The predicted molar refractivity (Wildman–Crippen MR) is 99.9 cm³/mol. The first-order valence-electron chi connectivity index (χ1n) is 8.11. The molecule has 0 heterocycles. The Balaban J connectivity index is 2.37. The molecule has 25 heavy (non-hydrogen) atoms. The van der Waals surface area contributed by atoms with Crippen LogP contribution in [0.2, 0.25) is 0 Å². The van der Waals surface area contributed by atoms with Gasteiger partial charge in [0, 0.05) is 30.2 Å². The molecular formula is C19H24NO4P. The van der Waals surface area contributed by atoms with Crippen molar-refractivity contribution < 1.29 is 19.6 Å². The molecular weight excluding hydrogens is 337 g/mol. The zero-order valence-electron chi connectivity index (χ0n) is 14.4. The first-order valence-corrected chi connectivity index (χ1v) is 10.00. The largest absolute Gasteiger partial charge is 0.388 e. The first kappa shape index (κ1) is 19.4. The molecule has 1 amide bonds. The maximum Gasteiger partial charge on any atom is 0.216 e. The fourth-order valence-corrected chi connectivity index (χ4v) is 5.77. The summed E-state index contributed by atoms with van der Waals surface area (Å²) in [4.78, 5) is 11.0. The molecule has 0 spiro atoms. The molecule has 3 N–H and O–H groups in total. The lowest BCUT2D eigenvalue weighted by molar-refractivity contribution is -0.120. The van der Waals surface area contributed by atoms with Crippen LogP contribution in [0.1, 0.15) is 13.8 Å². The summed E-state index contributed by atoms with van der Waals surface area (Å²) in [5.74, 6) is -0.302. The van der Waals surface area contributed by atoms with Gasteiger partial charge in [0.2, 0.25) is 5.91 Å². The number of hydrogen-bond donors (Lipinski definition) is 3. The highest BCUT2D eigenvalue weighted by Gasteiger charge is 2.40. The highest BCUT2D eigenvalue weighted by Crippen LogP contribution is 2.46. The minimum absolute atomic E-state index is 0.105. The van der Waals surface area contributed by atoms with E-state index in [4.69, 9.17) is 0 Å². The number of aliphatic hydroxyl groups excluding tert-OH is 1. The second-order valence-corrected chi connectivity index (χ2v) is 9.21. The topological polar surface area (TPSA) is 86.6 Å². The predicted octanol–water partition coefficient (Wildman–Crippen LogP) is 1.25. The van der Waals surface area contributed by atoms with E-state index in [0.29, 0.717) is 10.6 Å². The van der Waals surface area contributed by atoms with Gasteiger partial charge in [0.25, 0.3) is 0 Å².